The summed E-state index contributed by atoms with van der Waals surface area (Å²) in [5.41, 5.74) is 0.0993. The summed E-state index contributed by atoms with van der Waals surface area (Å²) >= 11 is 0. The number of hydrogen-bond acceptors (Lipinski definition) is 8. The zero-order valence-corrected chi connectivity index (χ0v) is 27.8. The Morgan fingerprint density at radius 1 is 0.900 bits per heavy atom. The van der Waals surface area contributed by atoms with Crippen LogP contribution >= 0.6 is 0 Å². The maximum atomic E-state index is 13.4. The summed E-state index contributed by atoms with van der Waals surface area (Å²) in [6, 6.07) is 27.7. The van der Waals surface area contributed by atoms with Crippen LogP contribution in [0.15, 0.2) is 101 Å². The Kier molecular flexibility index (Phi) is 8.76. The van der Waals surface area contributed by atoms with Crippen molar-refractivity contribution in [2.75, 3.05) is 6.61 Å². The zero-order chi connectivity index (χ0) is 35.2. The molecule has 2 heterocycles. The first-order chi connectivity index (χ1) is 24.0. The van der Waals surface area contributed by atoms with E-state index in [0.717, 1.165) is 37.3 Å². The van der Waals surface area contributed by atoms with Gasteiger partial charge in [0.2, 0.25) is 0 Å². The van der Waals surface area contributed by atoms with Gasteiger partial charge in [-0.3, -0.25) is 14.2 Å². The molecule has 1 aliphatic heterocycles. The molecule has 10 heteroatoms. The average Bonchev–Trinajstić information content (AvgIpc) is 3.42. The fourth-order valence-corrected chi connectivity index (χ4v) is 6.37. The Morgan fingerprint density at radius 2 is 1.60 bits per heavy atom. The number of aromatic nitrogens is 2. The summed E-state index contributed by atoms with van der Waals surface area (Å²) in [4.78, 5) is 38.3. The van der Waals surface area contributed by atoms with E-state index in [2.05, 4.69) is 60.4 Å². The number of aliphatic hydroxyl groups is 2. The van der Waals surface area contributed by atoms with Crippen molar-refractivity contribution in [1.29, 1.82) is 0 Å². The highest BCUT2D eigenvalue weighted by atomic mass is 16.6. The van der Waals surface area contributed by atoms with Gasteiger partial charge in [0.25, 0.3) is 5.56 Å². The quantitative estimate of drug-likeness (QED) is 0.142. The summed E-state index contributed by atoms with van der Waals surface area (Å²) in [5.74, 6) is 6.05. The minimum absolute atomic E-state index is 0.0333. The van der Waals surface area contributed by atoms with Crippen molar-refractivity contribution < 1.29 is 29.2 Å². The van der Waals surface area contributed by atoms with Crippen LogP contribution in [-0.4, -0.2) is 50.2 Å². The van der Waals surface area contributed by atoms with Crippen molar-refractivity contribution in [2.24, 2.45) is 5.41 Å². The molecule has 6 aromatic rings. The van der Waals surface area contributed by atoms with E-state index in [4.69, 9.17) is 14.2 Å². The van der Waals surface area contributed by atoms with Gasteiger partial charge < -0.3 is 24.4 Å². The molecule has 1 aromatic heterocycles. The Hall–Kier alpha value is -5.31. The van der Waals surface area contributed by atoms with Gasteiger partial charge >= 0.3 is 11.7 Å². The first kappa shape index (κ1) is 33.2. The second kappa shape index (κ2) is 13.2. The molecule has 0 bridgehead atoms. The van der Waals surface area contributed by atoms with Crippen molar-refractivity contribution in [3.05, 3.63) is 129 Å². The lowest BCUT2D eigenvalue weighted by Gasteiger charge is -2.23. The van der Waals surface area contributed by atoms with Gasteiger partial charge in [0.1, 0.15) is 18.3 Å². The number of rotatable bonds is 7. The van der Waals surface area contributed by atoms with E-state index in [9.17, 15) is 24.6 Å². The van der Waals surface area contributed by atoms with Crippen molar-refractivity contribution in [1.82, 2.24) is 9.13 Å². The van der Waals surface area contributed by atoms with Crippen molar-refractivity contribution in [2.45, 2.75) is 58.6 Å². The zero-order valence-electron chi connectivity index (χ0n) is 27.8. The standard InChI is InChI=1S/C40H36N2O8/c1-40(2,3)38(46)49-23-42-32(44)18-19-41(39(42)47)37-36(35(45)31(21-43)50-37)48-22-25-7-4-6-24(20-25)10-11-26-12-13-29-15-14-27-8-5-9-28-16-17-30(26)34(29)33(27)28/h4-9,12-20,31,35-37,43,45H,21-23H2,1-3H3/t31-,35-,36-,37-/m1/s1. The van der Waals surface area contributed by atoms with E-state index < -0.39 is 60.5 Å². The third-order valence-electron chi connectivity index (χ3n) is 9.04. The van der Waals surface area contributed by atoms with Crippen LogP contribution in [0.1, 0.15) is 43.7 Å². The molecule has 50 heavy (non-hydrogen) atoms. The first-order valence-corrected chi connectivity index (χ1v) is 16.4. The fourth-order valence-electron chi connectivity index (χ4n) is 6.37. The van der Waals surface area contributed by atoms with E-state index in [0.29, 0.717) is 0 Å². The first-order valence-electron chi connectivity index (χ1n) is 16.4. The highest BCUT2D eigenvalue weighted by Crippen LogP contribution is 2.36. The number of hydrogen-bond donors (Lipinski definition) is 2. The van der Waals surface area contributed by atoms with Gasteiger partial charge in [-0.15, -0.1) is 0 Å². The van der Waals surface area contributed by atoms with Crippen LogP contribution in [0.25, 0.3) is 32.3 Å². The van der Waals surface area contributed by atoms with Crippen molar-refractivity contribution >= 4 is 38.3 Å². The number of nitrogens with zero attached hydrogens (tertiary/aromatic N) is 2. The molecular formula is C40H36N2O8. The van der Waals surface area contributed by atoms with Gasteiger partial charge in [-0.05, 0) is 76.9 Å². The molecule has 0 unspecified atom stereocenters. The molecule has 254 valence electrons. The summed E-state index contributed by atoms with van der Waals surface area (Å²) in [6.07, 6.45) is -3.36. The average molecular weight is 673 g/mol. The second-order valence-electron chi connectivity index (χ2n) is 13.5. The van der Waals surface area contributed by atoms with Crippen LogP contribution in [0, 0.1) is 17.3 Å². The van der Waals surface area contributed by atoms with Crippen LogP contribution in [0.5, 0.6) is 0 Å². The molecular weight excluding hydrogens is 636 g/mol. The SMILES string of the molecule is CC(C)(C)C(=O)OCn1c(=O)ccn([C@@H]2O[C@H](CO)[C@@H](O)[C@H]2OCc2cccc(C#Cc3ccc4ccc5cccc6ccc3c4c56)c2)c1=O. The molecule has 4 atom stereocenters. The molecule has 1 saturated heterocycles. The topological polar surface area (TPSA) is 129 Å². The summed E-state index contributed by atoms with van der Waals surface area (Å²) in [7, 11) is 0. The number of aliphatic hydroxyl groups excluding tert-OH is 2. The summed E-state index contributed by atoms with van der Waals surface area (Å²) in [6.45, 7) is 3.88. The van der Waals surface area contributed by atoms with Gasteiger partial charge in [0.15, 0.2) is 13.0 Å². The lowest BCUT2D eigenvalue weighted by Crippen LogP contribution is -2.44. The lowest BCUT2D eigenvalue weighted by atomic mass is 9.92. The highest BCUT2D eigenvalue weighted by molar-refractivity contribution is 6.23. The maximum Gasteiger partial charge on any atom is 0.335 e. The van der Waals surface area contributed by atoms with Crippen molar-refractivity contribution in [3.8, 4) is 11.8 Å². The van der Waals surface area contributed by atoms with Gasteiger partial charge in [-0.25, -0.2) is 9.36 Å². The number of esters is 1. The molecule has 5 aromatic carbocycles. The molecule has 0 amide bonds. The number of ether oxygens (including phenoxy) is 3. The number of benzene rings is 5. The monoisotopic (exact) mass is 672 g/mol. The van der Waals surface area contributed by atoms with E-state index >= 15 is 0 Å². The molecule has 0 radical (unpaired) electrons. The Balaban J connectivity index is 1.12. The van der Waals surface area contributed by atoms with Gasteiger partial charge in [0, 0.05) is 23.4 Å². The lowest BCUT2D eigenvalue weighted by molar-refractivity contribution is -0.157. The third kappa shape index (κ3) is 6.17. The van der Waals surface area contributed by atoms with Gasteiger partial charge in [-0.2, -0.15) is 0 Å². The van der Waals surface area contributed by atoms with E-state index in [1.54, 1.807) is 20.8 Å². The molecule has 0 saturated carbocycles. The molecule has 1 aliphatic rings. The van der Waals surface area contributed by atoms with E-state index in [1.807, 2.05) is 30.3 Å². The minimum Gasteiger partial charge on any atom is -0.443 e. The van der Waals surface area contributed by atoms with Crippen molar-refractivity contribution in [3.63, 3.8) is 0 Å². The molecule has 0 spiro atoms. The molecule has 2 N–H and O–H groups in total. The molecule has 1 fully saturated rings. The van der Waals surface area contributed by atoms with Crippen LogP contribution in [0.4, 0.5) is 0 Å². The highest BCUT2D eigenvalue weighted by Gasteiger charge is 2.46. The second-order valence-corrected chi connectivity index (χ2v) is 13.5. The van der Waals surface area contributed by atoms with Crippen LogP contribution in [0.3, 0.4) is 0 Å². The maximum absolute atomic E-state index is 13.4. The third-order valence-corrected chi connectivity index (χ3v) is 9.04. The fraction of sp³-hybridized carbons (Fsp3) is 0.275. The largest absolute Gasteiger partial charge is 0.443 e. The van der Waals surface area contributed by atoms with Crippen LogP contribution in [0.2, 0.25) is 0 Å². The van der Waals surface area contributed by atoms with Gasteiger partial charge in [-0.1, -0.05) is 72.5 Å². The van der Waals surface area contributed by atoms with Gasteiger partial charge in [0.05, 0.1) is 18.6 Å². The summed E-state index contributed by atoms with van der Waals surface area (Å²) < 4.78 is 19.0. The molecule has 7 rings (SSSR count). The van der Waals surface area contributed by atoms with E-state index in [-0.39, 0.29) is 6.61 Å². The smallest absolute Gasteiger partial charge is 0.335 e. The van der Waals surface area contributed by atoms with Crippen LogP contribution in [-0.2, 0) is 32.3 Å². The minimum atomic E-state index is -1.28. The normalized spacial score (nSPS) is 19.2. The predicted octanol–water partition coefficient (Wildman–Crippen LogP) is 4.69. The number of carbonyl (C=O) groups excluding carboxylic acids is 1. The number of carbonyl (C=O) groups is 1. The Labute approximate surface area is 287 Å². The Morgan fingerprint density at radius 3 is 2.34 bits per heavy atom. The summed E-state index contributed by atoms with van der Waals surface area (Å²) in [5, 5.41) is 27.9. The van der Waals surface area contributed by atoms with E-state index in [1.165, 1.54) is 33.1 Å². The molecule has 0 aliphatic carbocycles. The Bertz CT molecular complexity index is 2400. The van der Waals surface area contributed by atoms with Crippen LogP contribution < -0.4 is 11.2 Å². The predicted molar refractivity (Wildman–Crippen MR) is 189 cm³/mol. The molecule has 10 nitrogen and oxygen atoms in total.